The van der Waals surface area contributed by atoms with Crippen LogP contribution in [0.3, 0.4) is 0 Å². The first-order valence-electron chi connectivity index (χ1n) is 5.77. The van der Waals surface area contributed by atoms with Crippen LogP contribution in [0.5, 0.6) is 0 Å². The van der Waals surface area contributed by atoms with Crippen molar-refractivity contribution in [1.29, 1.82) is 0 Å². The van der Waals surface area contributed by atoms with Crippen LogP contribution in [0.2, 0.25) is 0 Å². The minimum Gasteiger partial charge on any atom is -0.346 e. The van der Waals surface area contributed by atoms with Gasteiger partial charge in [-0.25, -0.2) is 9.89 Å². The predicted octanol–water partition coefficient (Wildman–Crippen LogP) is -0.978. The average molecular weight is 239 g/mol. The molecule has 0 bridgehead atoms. The van der Waals surface area contributed by atoms with Crippen LogP contribution in [0.1, 0.15) is 19.8 Å². The van der Waals surface area contributed by atoms with Crippen LogP contribution in [0.15, 0.2) is 9.59 Å². The van der Waals surface area contributed by atoms with Gasteiger partial charge in [0, 0.05) is 19.1 Å². The van der Waals surface area contributed by atoms with E-state index in [9.17, 15) is 9.59 Å². The Kier molecular flexibility index (Phi) is 3.28. The number of hydrogen-bond acceptors (Lipinski definition) is 5. The molecule has 7 nitrogen and oxygen atoms in total. The fourth-order valence-electron chi connectivity index (χ4n) is 2.29. The summed E-state index contributed by atoms with van der Waals surface area (Å²) in [5.41, 5.74) is 4.67. The van der Waals surface area contributed by atoms with E-state index in [2.05, 4.69) is 22.1 Å². The van der Waals surface area contributed by atoms with Gasteiger partial charge in [-0.3, -0.25) is 9.78 Å². The van der Waals surface area contributed by atoms with Crippen LogP contribution >= 0.6 is 0 Å². The summed E-state index contributed by atoms with van der Waals surface area (Å²) in [6, 6.07) is 0.109. The van der Waals surface area contributed by atoms with E-state index >= 15 is 0 Å². The number of nitrogens with two attached hydrogens (primary N) is 1. The van der Waals surface area contributed by atoms with Crippen molar-refractivity contribution in [3.8, 4) is 0 Å². The predicted molar refractivity (Wildman–Crippen MR) is 64.1 cm³/mol. The quantitative estimate of drug-likeness (QED) is 0.615. The molecule has 0 aliphatic carbocycles. The number of anilines is 1. The zero-order valence-corrected chi connectivity index (χ0v) is 9.77. The third-order valence-corrected chi connectivity index (χ3v) is 3.22. The molecule has 2 heterocycles. The van der Waals surface area contributed by atoms with E-state index < -0.39 is 11.2 Å². The lowest BCUT2D eigenvalue weighted by atomic mass is 9.92. The van der Waals surface area contributed by atoms with E-state index in [0.29, 0.717) is 12.5 Å². The van der Waals surface area contributed by atoms with Gasteiger partial charge >= 0.3 is 5.69 Å². The normalized spacial score (nSPS) is 24.9. The van der Waals surface area contributed by atoms with Gasteiger partial charge in [0.2, 0.25) is 5.82 Å². The molecule has 2 atom stereocenters. The van der Waals surface area contributed by atoms with E-state index in [4.69, 9.17) is 5.73 Å². The van der Waals surface area contributed by atoms with Gasteiger partial charge in [-0.15, -0.1) is 5.10 Å². The lowest BCUT2D eigenvalue weighted by molar-refractivity contribution is 0.363. The van der Waals surface area contributed by atoms with Crippen molar-refractivity contribution in [3.63, 3.8) is 0 Å². The van der Waals surface area contributed by atoms with E-state index in [1.807, 2.05) is 4.90 Å². The van der Waals surface area contributed by atoms with Crippen molar-refractivity contribution >= 4 is 5.82 Å². The molecule has 7 heteroatoms. The van der Waals surface area contributed by atoms with E-state index in [1.165, 1.54) is 0 Å². The van der Waals surface area contributed by atoms with Crippen molar-refractivity contribution in [1.82, 2.24) is 15.2 Å². The Bertz CT molecular complexity index is 494. The number of piperidine rings is 1. The molecule has 1 aromatic heterocycles. The Morgan fingerprint density at radius 3 is 2.94 bits per heavy atom. The maximum absolute atomic E-state index is 11.7. The third kappa shape index (κ3) is 2.38. The molecule has 1 saturated heterocycles. The highest BCUT2D eigenvalue weighted by Gasteiger charge is 2.28. The number of rotatable bonds is 2. The summed E-state index contributed by atoms with van der Waals surface area (Å²) < 4.78 is 0. The molecule has 0 spiro atoms. The molecule has 94 valence electrons. The molecular formula is C10H17N5O2. The Balaban J connectivity index is 2.32. The van der Waals surface area contributed by atoms with Gasteiger partial charge < -0.3 is 10.6 Å². The summed E-state index contributed by atoms with van der Waals surface area (Å²) in [6.45, 7) is 3.39. The standard InChI is InChI=1S/C10H17N5O2/c1-6-2-3-15(7(4-6)5-11)8-9(16)12-10(17)14-13-8/h6-7H,2-5,11H2,1H3,(H2,12,14,16,17). The monoisotopic (exact) mass is 239 g/mol. The van der Waals surface area contributed by atoms with Crippen molar-refractivity contribution in [3.05, 3.63) is 20.8 Å². The summed E-state index contributed by atoms with van der Waals surface area (Å²) >= 11 is 0. The van der Waals surface area contributed by atoms with Gasteiger partial charge in [0.15, 0.2) is 0 Å². The summed E-state index contributed by atoms with van der Waals surface area (Å²) in [5, 5.41) is 6.06. The van der Waals surface area contributed by atoms with Gasteiger partial charge in [0.05, 0.1) is 0 Å². The third-order valence-electron chi connectivity index (χ3n) is 3.22. The summed E-state index contributed by atoms with van der Waals surface area (Å²) in [4.78, 5) is 26.6. The van der Waals surface area contributed by atoms with Crippen molar-refractivity contribution in [2.75, 3.05) is 18.0 Å². The fourth-order valence-corrected chi connectivity index (χ4v) is 2.29. The maximum Gasteiger partial charge on any atom is 0.342 e. The second-order valence-corrected chi connectivity index (χ2v) is 4.54. The number of hydrogen-bond donors (Lipinski definition) is 3. The fraction of sp³-hybridized carbons (Fsp3) is 0.700. The SMILES string of the molecule is CC1CCN(c2n[nH]c(=O)[nH]c2=O)C(CN)C1. The zero-order valence-electron chi connectivity index (χ0n) is 9.77. The molecule has 1 aliphatic rings. The highest BCUT2D eigenvalue weighted by molar-refractivity contribution is 5.36. The summed E-state index contributed by atoms with van der Waals surface area (Å²) in [6.07, 6.45) is 1.94. The molecule has 0 radical (unpaired) electrons. The largest absolute Gasteiger partial charge is 0.346 e. The van der Waals surface area contributed by atoms with Gasteiger partial charge in [-0.1, -0.05) is 6.92 Å². The smallest absolute Gasteiger partial charge is 0.342 e. The Hall–Kier alpha value is -1.63. The number of nitrogens with zero attached hydrogens (tertiary/aromatic N) is 2. The highest BCUT2D eigenvalue weighted by atomic mass is 16.2. The van der Waals surface area contributed by atoms with Crippen molar-refractivity contribution in [2.45, 2.75) is 25.8 Å². The summed E-state index contributed by atoms with van der Waals surface area (Å²) in [5.74, 6) is 0.855. The van der Waals surface area contributed by atoms with Crippen molar-refractivity contribution in [2.24, 2.45) is 11.7 Å². The molecule has 17 heavy (non-hydrogen) atoms. The topological polar surface area (TPSA) is 108 Å². The minimum atomic E-state index is -0.589. The minimum absolute atomic E-state index is 0.109. The number of aromatic amines is 2. The first-order chi connectivity index (χ1) is 8.11. The number of aromatic nitrogens is 3. The first kappa shape index (κ1) is 11.8. The molecule has 1 fully saturated rings. The van der Waals surface area contributed by atoms with Crippen LogP contribution in [0.25, 0.3) is 0 Å². The highest BCUT2D eigenvalue weighted by Crippen LogP contribution is 2.23. The molecule has 2 rings (SSSR count). The average Bonchev–Trinajstić information content (AvgIpc) is 2.30. The van der Waals surface area contributed by atoms with Gasteiger partial charge in [0.25, 0.3) is 5.56 Å². The molecule has 1 aromatic rings. The second kappa shape index (κ2) is 4.70. The maximum atomic E-state index is 11.7. The van der Waals surface area contributed by atoms with Crippen LogP contribution in [0, 0.1) is 5.92 Å². The molecule has 0 aromatic carbocycles. The van der Waals surface area contributed by atoms with Crippen LogP contribution in [0.4, 0.5) is 5.82 Å². The molecule has 2 unspecified atom stereocenters. The van der Waals surface area contributed by atoms with Crippen molar-refractivity contribution < 1.29 is 0 Å². The van der Waals surface area contributed by atoms with Crippen LogP contribution in [-0.2, 0) is 0 Å². The van der Waals surface area contributed by atoms with Gasteiger partial charge in [0.1, 0.15) is 0 Å². The van der Waals surface area contributed by atoms with E-state index in [-0.39, 0.29) is 11.9 Å². The van der Waals surface area contributed by atoms with Crippen LogP contribution < -0.4 is 21.9 Å². The zero-order chi connectivity index (χ0) is 12.4. The summed E-state index contributed by atoms with van der Waals surface area (Å²) in [7, 11) is 0. The van der Waals surface area contributed by atoms with Crippen LogP contribution in [-0.4, -0.2) is 34.3 Å². The lowest BCUT2D eigenvalue weighted by Crippen LogP contribution is -2.49. The van der Waals surface area contributed by atoms with E-state index in [1.54, 1.807) is 0 Å². The molecule has 0 saturated carbocycles. The number of nitrogens with one attached hydrogen (secondary N) is 2. The molecular weight excluding hydrogens is 222 g/mol. The van der Waals surface area contributed by atoms with E-state index in [0.717, 1.165) is 19.4 Å². The second-order valence-electron chi connectivity index (χ2n) is 4.54. The molecule has 0 amide bonds. The number of H-pyrrole nitrogens is 2. The Morgan fingerprint density at radius 1 is 1.53 bits per heavy atom. The lowest BCUT2D eigenvalue weighted by Gasteiger charge is -2.37. The van der Waals surface area contributed by atoms with Gasteiger partial charge in [-0.05, 0) is 18.8 Å². The molecule has 4 N–H and O–H groups in total. The van der Waals surface area contributed by atoms with Gasteiger partial charge in [-0.2, -0.15) is 0 Å². The molecule has 1 aliphatic heterocycles. The Morgan fingerprint density at radius 2 is 2.29 bits per heavy atom. The first-order valence-corrected chi connectivity index (χ1v) is 5.77. The Labute approximate surface area is 98.0 Å².